The molecular formula is C18H21ClN2O5S. The molecule has 7 nitrogen and oxygen atoms in total. The second-order valence-corrected chi connectivity index (χ2v) is 8.60. The van der Waals surface area contributed by atoms with Gasteiger partial charge in [-0.05, 0) is 25.1 Å². The molecule has 27 heavy (non-hydrogen) atoms. The fraction of sp³-hybridized carbons (Fsp3) is 0.389. The molecule has 9 heteroatoms. The van der Waals surface area contributed by atoms with Gasteiger partial charge >= 0.3 is 5.97 Å². The summed E-state index contributed by atoms with van der Waals surface area (Å²) in [6.45, 7) is 4.03. The lowest BCUT2D eigenvalue weighted by Crippen LogP contribution is -2.48. The van der Waals surface area contributed by atoms with E-state index in [2.05, 4.69) is 4.90 Å². The summed E-state index contributed by atoms with van der Waals surface area (Å²) in [7, 11) is -2.29. The first kappa shape index (κ1) is 19.9. The Hall–Kier alpha value is -1.87. The molecule has 1 aromatic heterocycles. The Morgan fingerprint density at radius 1 is 1.22 bits per heavy atom. The zero-order valence-electron chi connectivity index (χ0n) is 15.1. The third-order valence-corrected chi connectivity index (χ3v) is 6.94. The van der Waals surface area contributed by atoms with Crippen molar-refractivity contribution in [3.63, 3.8) is 0 Å². The van der Waals surface area contributed by atoms with Crippen LogP contribution < -0.4 is 0 Å². The number of carbonyl (C=O) groups excluding carboxylic acids is 1. The number of halogens is 1. The Balaban J connectivity index is 1.64. The number of nitrogens with zero attached hydrogens (tertiary/aromatic N) is 2. The van der Waals surface area contributed by atoms with Crippen molar-refractivity contribution < 1.29 is 22.4 Å². The van der Waals surface area contributed by atoms with Crippen molar-refractivity contribution in [1.29, 1.82) is 0 Å². The minimum absolute atomic E-state index is 0.129. The van der Waals surface area contributed by atoms with E-state index < -0.39 is 16.0 Å². The van der Waals surface area contributed by atoms with Gasteiger partial charge in [0, 0.05) is 26.2 Å². The highest BCUT2D eigenvalue weighted by atomic mass is 35.5. The van der Waals surface area contributed by atoms with E-state index >= 15 is 0 Å². The number of benzene rings is 1. The highest BCUT2D eigenvalue weighted by Gasteiger charge is 2.30. The number of piperazine rings is 1. The molecule has 146 valence electrons. The quantitative estimate of drug-likeness (QED) is 0.702. The van der Waals surface area contributed by atoms with E-state index in [9.17, 15) is 13.2 Å². The third-order valence-electron chi connectivity index (χ3n) is 4.54. The van der Waals surface area contributed by atoms with Crippen LogP contribution in [0.25, 0.3) is 0 Å². The molecule has 1 aromatic carbocycles. The highest BCUT2D eigenvalue weighted by molar-refractivity contribution is 7.89. The van der Waals surface area contributed by atoms with Crippen molar-refractivity contribution in [1.82, 2.24) is 9.21 Å². The highest BCUT2D eigenvalue weighted by Crippen LogP contribution is 2.25. The number of esters is 1. The van der Waals surface area contributed by atoms with Gasteiger partial charge in [0.2, 0.25) is 10.0 Å². The zero-order valence-corrected chi connectivity index (χ0v) is 16.7. The summed E-state index contributed by atoms with van der Waals surface area (Å²) in [5.41, 5.74) is 0.410. The van der Waals surface area contributed by atoms with Crippen LogP contribution in [0.1, 0.15) is 21.9 Å². The number of ether oxygens (including phenoxy) is 1. The second kappa shape index (κ2) is 8.02. The van der Waals surface area contributed by atoms with Crippen LogP contribution in [0.2, 0.25) is 5.02 Å². The normalized spacial score (nSPS) is 16.4. The van der Waals surface area contributed by atoms with Crippen LogP contribution in [0.3, 0.4) is 0 Å². The van der Waals surface area contributed by atoms with Crippen LogP contribution in [0.15, 0.2) is 39.6 Å². The summed E-state index contributed by atoms with van der Waals surface area (Å²) in [6, 6.07) is 8.13. The topological polar surface area (TPSA) is 80.1 Å². The standard InChI is InChI=1S/C18H21ClN2O5S/c1-13-15(18(22)25-2)11-14(26-13)12-20-7-9-21(10-8-20)27(23,24)17-6-4-3-5-16(17)19/h3-6,11H,7-10,12H2,1-2H3. The van der Waals surface area contributed by atoms with Crippen molar-refractivity contribution in [3.8, 4) is 0 Å². The van der Waals surface area contributed by atoms with Crippen LogP contribution in [0.5, 0.6) is 0 Å². The Morgan fingerprint density at radius 3 is 2.52 bits per heavy atom. The molecular weight excluding hydrogens is 392 g/mol. The molecule has 1 saturated heterocycles. The third kappa shape index (κ3) is 4.19. The van der Waals surface area contributed by atoms with Gasteiger partial charge < -0.3 is 9.15 Å². The fourth-order valence-electron chi connectivity index (χ4n) is 3.08. The molecule has 0 saturated carbocycles. The molecule has 2 aromatic rings. The van der Waals surface area contributed by atoms with E-state index in [-0.39, 0.29) is 9.92 Å². The molecule has 2 heterocycles. The number of hydrogen-bond acceptors (Lipinski definition) is 6. The predicted molar refractivity (Wildman–Crippen MR) is 100 cm³/mol. The van der Waals surface area contributed by atoms with Crippen molar-refractivity contribution >= 4 is 27.6 Å². The summed E-state index contributed by atoms with van der Waals surface area (Å²) in [5.74, 6) is 0.727. The number of sulfonamides is 1. The van der Waals surface area contributed by atoms with Gasteiger partial charge in [-0.15, -0.1) is 0 Å². The summed E-state index contributed by atoms with van der Waals surface area (Å²) in [4.78, 5) is 13.9. The number of carbonyl (C=O) groups is 1. The van der Waals surface area contributed by atoms with Gasteiger partial charge in [-0.3, -0.25) is 4.90 Å². The van der Waals surface area contributed by atoms with Gasteiger partial charge in [0.05, 0.1) is 18.7 Å². The number of rotatable bonds is 5. The monoisotopic (exact) mass is 412 g/mol. The zero-order chi connectivity index (χ0) is 19.6. The summed E-state index contributed by atoms with van der Waals surface area (Å²) in [6.07, 6.45) is 0. The molecule has 0 atom stereocenters. The summed E-state index contributed by atoms with van der Waals surface area (Å²) < 4.78 is 37.4. The fourth-order valence-corrected chi connectivity index (χ4v) is 4.99. The maximum absolute atomic E-state index is 12.8. The Morgan fingerprint density at radius 2 is 1.89 bits per heavy atom. The molecule has 0 spiro atoms. The van der Waals surface area contributed by atoms with E-state index in [4.69, 9.17) is 20.8 Å². The van der Waals surface area contributed by atoms with Gasteiger partial charge in [-0.2, -0.15) is 4.31 Å². The van der Waals surface area contributed by atoms with Gasteiger partial charge in [0.25, 0.3) is 0 Å². The molecule has 0 aliphatic carbocycles. The molecule has 0 bridgehead atoms. The molecule has 1 aliphatic heterocycles. The number of aryl methyl sites for hydroxylation is 1. The second-order valence-electron chi connectivity index (χ2n) is 6.28. The predicted octanol–water partition coefficient (Wildman–Crippen LogP) is 2.53. The van der Waals surface area contributed by atoms with E-state index in [0.717, 1.165) is 0 Å². The first-order valence-corrected chi connectivity index (χ1v) is 10.3. The van der Waals surface area contributed by atoms with Crippen molar-refractivity contribution in [2.24, 2.45) is 0 Å². The van der Waals surface area contributed by atoms with Gasteiger partial charge in [-0.1, -0.05) is 23.7 Å². The van der Waals surface area contributed by atoms with Crippen LogP contribution in [-0.4, -0.2) is 56.9 Å². The van der Waals surface area contributed by atoms with E-state index in [1.165, 1.54) is 17.5 Å². The molecule has 1 fully saturated rings. The van der Waals surface area contributed by atoms with Gasteiger partial charge in [0.1, 0.15) is 22.0 Å². The van der Waals surface area contributed by atoms with Crippen LogP contribution in [0.4, 0.5) is 0 Å². The lowest BCUT2D eigenvalue weighted by atomic mass is 10.2. The Labute approximate surface area is 163 Å². The smallest absolute Gasteiger partial charge is 0.341 e. The minimum Gasteiger partial charge on any atom is -0.465 e. The number of hydrogen-bond donors (Lipinski definition) is 0. The number of methoxy groups -OCH3 is 1. The Bertz CT molecular complexity index is 933. The van der Waals surface area contributed by atoms with Gasteiger partial charge in [-0.25, -0.2) is 13.2 Å². The average Bonchev–Trinajstić information content (AvgIpc) is 3.02. The molecule has 0 N–H and O–H groups in total. The average molecular weight is 413 g/mol. The van der Waals surface area contributed by atoms with Gasteiger partial charge in [0.15, 0.2) is 0 Å². The number of furan rings is 1. The molecule has 0 amide bonds. The van der Waals surface area contributed by atoms with E-state index in [0.29, 0.717) is 49.8 Å². The van der Waals surface area contributed by atoms with Crippen LogP contribution in [0, 0.1) is 6.92 Å². The SMILES string of the molecule is COC(=O)c1cc(CN2CCN(S(=O)(=O)c3ccccc3Cl)CC2)oc1C. The molecule has 1 aliphatic rings. The van der Waals surface area contributed by atoms with Crippen molar-refractivity contribution in [2.45, 2.75) is 18.4 Å². The van der Waals surface area contributed by atoms with Crippen molar-refractivity contribution in [2.75, 3.05) is 33.3 Å². The van der Waals surface area contributed by atoms with Crippen molar-refractivity contribution in [3.05, 3.63) is 52.4 Å². The summed E-state index contributed by atoms with van der Waals surface area (Å²) >= 11 is 6.05. The van der Waals surface area contributed by atoms with E-state index in [1.54, 1.807) is 31.2 Å². The maximum Gasteiger partial charge on any atom is 0.341 e. The van der Waals surface area contributed by atoms with Crippen LogP contribution >= 0.6 is 11.6 Å². The first-order chi connectivity index (χ1) is 12.8. The van der Waals surface area contributed by atoms with E-state index in [1.807, 2.05) is 0 Å². The lowest BCUT2D eigenvalue weighted by Gasteiger charge is -2.33. The molecule has 3 rings (SSSR count). The Kier molecular flexibility index (Phi) is 5.90. The summed E-state index contributed by atoms with van der Waals surface area (Å²) in [5, 5.41) is 0.223. The minimum atomic E-state index is -3.62. The maximum atomic E-state index is 12.8. The lowest BCUT2D eigenvalue weighted by molar-refractivity contribution is 0.0599. The largest absolute Gasteiger partial charge is 0.465 e. The van der Waals surface area contributed by atoms with Crippen LogP contribution in [-0.2, 0) is 21.3 Å². The first-order valence-electron chi connectivity index (χ1n) is 8.47. The molecule has 0 radical (unpaired) electrons. The molecule has 0 unspecified atom stereocenters.